The zero-order chi connectivity index (χ0) is 16.4. The first-order valence-electron chi connectivity index (χ1n) is 8.43. The normalized spacial score (nSPS) is 17.8. The number of aromatic nitrogens is 2. The summed E-state index contributed by atoms with van der Waals surface area (Å²) in [4.78, 5) is 17.5. The highest BCUT2D eigenvalue weighted by Crippen LogP contribution is 2.38. The third-order valence-corrected chi connectivity index (χ3v) is 5.43. The van der Waals surface area contributed by atoms with Crippen LogP contribution in [0.3, 0.4) is 0 Å². The van der Waals surface area contributed by atoms with Gasteiger partial charge in [-0.15, -0.1) is 16.4 Å². The van der Waals surface area contributed by atoms with E-state index in [1.54, 1.807) is 11.3 Å². The minimum atomic E-state index is 0.0122. The van der Waals surface area contributed by atoms with Gasteiger partial charge >= 0.3 is 6.03 Å². The number of amides is 2. The summed E-state index contributed by atoms with van der Waals surface area (Å²) >= 11 is 1.66. The Hall–Kier alpha value is -2.15. The van der Waals surface area contributed by atoms with Gasteiger partial charge in [-0.2, -0.15) is 5.10 Å². The summed E-state index contributed by atoms with van der Waals surface area (Å²) in [7, 11) is 0. The van der Waals surface area contributed by atoms with Gasteiger partial charge in [0.1, 0.15) is 0 Å². The second-order valence-electron chi connectivity index (χ2n) is 6.30. The number of rotatable bonds is 4. The van der Waals surface area contributed by atoms with Crippen LogP contribution in [-0.2, 0) is 6.54 Å². The fraction of sp³-hybridized carbons (Fsp3) is 0.471. The third kappa shape index (κ3) is 3.51. The largest absolute Gasteiger partial charge is 0.352 e. The molecule has 1 saturated heterocycles. The number of piperazine rings is 1. The molecular weight excluding hydrogens is 322 g/mol. The first-order valence-corrected chi connectivity index (χ1v) is 9.31. The Labute approximate surface area is 145 Å². The van der Waals surface area contributed by atoms with Crippen LogP contribution in [0.2, 0.25) is 0 Å². The Kier molecular flexibility index (Phi) is 4.34. The van der Waals surface area contributed by atoms with Crippen molar-refractivity contribution in [3.63, 3.8) is 0 Å². The van der Waals surface area contributed by atoms with E-state index in [0.29, 0.717) is 25.6 Å². The number of hydrogen-bond acceptors (Lipinski definition) is 5. The summed E-state index contributed by atoms with van der Waals surface area (Å²) in [6.07, 6.45) is 2.49. The molecule has 2 aliphatic rings. The van der Waals surface area contributed by atoms with Crippen molar-refractivity contribution in [3.8, 4) is 0 Å². The first kappa shape index (κ1) is 15.4. The van der Waals surface area contributed by atoms with Crippen molar-refractivity contribution in [2.24, 2.45) is 0 Å². The Morgan fingerprint density at radius 1 is 1.17 bits per heavy atom. The average molecular weight is 343 g/mol. The molecule has 6 nitrogen and oxygen atoms in total. The van der Waals surface area contributed by atoms with E-state index in [2.05, 4.69) is 32.5 Å². The molecule has 7 heteroatoms. The van der Waals surface area contributed by atoms with Gasteiger partial charge in [0.15, 0.2) is 5.82 Å². The summed E-state index contributed by atoms with van der Waals surface area (Å²) in [5.41, 5.74) is 1.12. The summed E-state index contributed by atoms with van der Waals surface area (Å²) in [6, 6.07) is 8.21. The van der Waals surface area contributed by atoms with Gasteiger partial charge in [-0.25, -0.2) is 4.79 Å². The number of carbonyl (C=O) groups is 1. The molecule has 0 aromatic carbocycles. The second kappa shape index (κ2) is 6.76. The van der Waals surface area contributed by atoms with Crippen LogP contribution in [-0.4, -0.2) is 47.3 Å². The molecule has 24 heavy (non-hydrogen) atoms. The highest BCUT2D eigenvalue weighted by Gasteiger charge is 2.26. The lowest BCUT2D eigenvalue weighted by molar-refractivity contribution is 0.194. The number of nitrogens with one attached hydrogen (secondary N) is 1. The number of hydrogen-bond donors (Lipinski definition) is 1. The standard InChI is InChI=1S/C17H21N5OS/c23-17(18-12-14-2-1-11-24-14)22-9-7-21(8-10-22)16-6-5-15(19-20-16)13-3-4-13/h1-2,5-6,11,13H,3-4,7-10,12H2,(H,18,23). The summed E-state index contributed by atoms with van der Waals surface area (Å²) < 4.78 is 0. The highest BCUT2D eigenvalue weighted by molar-refractivity contribution is 7.09. The highest BCUT2D eigenvalue weighted by atomic mass is 32.1. The van der Waals surface area contributed by atoms with E-state index >= 15 is 0 Å². The lowest BCUT2D eigenvalue weighted by Gasteiger charge is -2.35. The lowest BCUT2D eigenvalue weighted by atomic mass is 10.2. The van der Waals surface area contributed by atoms with E-state index in [4.69, 9.17) is 0 Å². The van der Waals surface area contributed by atoms with E-state index in [1.165, 1.54) is 17.7 Å². The van der Waals surface area contributed by atoms with Gasteiger partial charge < -0.3 is 15.1 Å². The Morgan fingerprint density at radius 2 is 2.00 bits per heavy atom. The summed E-state index contributed by atoms with van der Waals surface area (Å²) in [6.45, 7) is 3.61. The fourth-order valence-electron chi connectivity index (χ4n) is 2.93. The Balaban J connectivity index is 1.27. The Bertz CT molecular complexity index is 676. The van der Waals surface area contributed by atoms with E-state index < -0.39 is 0 Å². The molecular formula is C17H21N5OS. The van der Waals surface area contributed by atoms with Crippen LogP contribution in [0, 0.1) is 0 Å². The van der Waals surface area contributed by atoms with Gasteiger partial charge in [-0.3, -0.25) is 0 Å². The molecule has 1 saturated carbocycles. The number of nitrogens with zero attached hydrogens (tertiary/aromatic N) is 4. The van der Waals surface area contributed by atoms with Crippen LogP contribution in [0.5, 0.6) is 0 Å². The van der Waals surface area contributed by atoms with Gasteiger partial charge in [0.05, 0.1) is 12.2 Å². The molecule has 2 aromatic rings. The van der Waals surface area contributed by atoms with Gasteiger partial charge in [-0.05, 0) is 36.4 Å². The molecule has 2 fully saturated rings. The van der Waals surface area contributed by atoms with Crippen molar-refractivity contribution in [1.82, 2.24) is 20.4 Å². The zero-order valence-electron chi connectivity index (χ0n) is 13.5. The van der Waals surface area contributed by atoms with Crippen molar-refractivity contribution in [2.45, 2.75) is 25.3 Å². The molecule has 4 rings (SSSR count). The first-order chi connectivity index (χ1) is 11.8. The molecule has 3 heterocycles. The van der Waals surface area contributed by atoms with Crippen LogP contribution in [0.4, 0.5) is 10.6 Å². The quantitative estimate of drug-likeness (QED) is 0.926. The van der Waals surface area contributed by atoms with E-state index in [9.17, 15) is 4.79 Å². The van der Waals surface area contributed by atoms with Crippen molar-refractivity contribution in [3.05, 3.63) is 40.2 Å². The molecule has 1 aliphatic carbocycles. The topological polar surface area (TPSA) is 61.4 Å². The van der Waals surface area contributed by atoms with Crippen molar-refractivity contribution < 1.29 is 4.79 Å². The molecule has 0 spiro atoms. The minimum absolute atomic E-state index is 0.0122. The maximum absolute atomic E-state index is 12.2. The van der Waals surface area contributed by atoms with E-state index in [1.807, 2.05) is 22.4 Å². The smallest absolute Gasteiger partial charge is 0.317 e. The second-order valence-corrected chi connectivity index (χ2v) is 7.34. The van der Waals surface area contributed by atoms with Gasteiger partial charge in [0.2, 0.25) is 0 Å². The molecule has 126 valence electrons. The third-order valence-electron chi connectivity index (χ3n) is 4.55. The van der Waals surface area contributed by atoms with Gasteiger partial charge in [0.25, 0.3) is 0 Å². The van der Waals surface area contributed by atoms with Crippen LogP contribution in [0.1, 0.15) is 29.3 Å². The summed E-state index contributed by atoms with van der Waals surface area (Å²) in [5, 5.41) is 13.7. The predicted molar refractivity (Wildman–Crippen MR) is 94.3 cm³/mol. The molecule has 2 aromatic heterocycles. The molecule has 2 amide bonds. The van der Waals surface area contributed by atoms with Crippen molar-refractivity contribution in [1.29, 1.82) is 0 Å². The minimum Gasteiger partial charge on any atom is -0.352 e. The number of anilines is 1. The average Bonchev–Trinajstić information content (AvgIpc) is 3.36. The molecule has 0 radical (unpaired) electrons. The van der Waals surface area contributed by atoms with Crippen molar-refractivity contribution in [2.75, 3.05) is 31.1 Å². The molecule has 0 bridgehead atoms. The fourth-order valence-corrected chi connectivity index (χ4v) is 3.57. The number of carbonyl (C=O) groups excluding carboxylic acids is 1. The van der Waals surface area contributed by atoms with Crippen LogP contribution in [0.25, 0.3) is 0 Å². The van der Waals surface area contributed by atoms with Crippen LogP contribution < -0.4 is 10.2 Å². The van der Waals surface area contributed by atoms with E-state index in [-0.39, 0.29) is 6.03 Å². The monoisotopic (exact) mass is 343 g/mol. The van der Waals surface area contributed by atoms with Gasteiger partial charge in [-0.1, -0.05) is 6.07 Å². The van der Waals surface area contributed by atoms with E-state index in [0.717, 1.165) is 24.6 Å². The lowest BCUT2D eigenvalue weighted by Crippen LogP contribution is -2.51. The van der Waals surface area contributed by atoms with Gasteiger partial charge in [0, 0.05) is 37.0 Å². The molecule has 1 N–H and O–H groups in total. The maximum atomic E-state index is 12.2. The number of thiophene rings is 1. The van der Waals surface area contributed by atoms with Crippen molar-refractivity contribution >= 4 is 23.2 Å². The SMILES string of the molecule is O=C(NCc1cccs1)N1CCN(c2ccc(C3CC3)nn2)CC1. The molecule has 0 unspecified atom stereocenters. The summed E-state index contributed by atoms with van der Waals surface area (Å²) in [5.74, 6) is 1.55. The zero-order valence-corrected chi connectivity index (χ0v) is 14.3. The number of urea groups is 1. The van der Waals surface area contributed by atoms with Crippen LogP contribution in [0.15, 0.2) is 29.6 Å². The predicted octanol–water partition coefficient (Wildman–Crippen LogP) is 2.45. The molecule has 0 atom stereocenters. The maximum Gasteiger partial charge on any atom is 0.317 e. The van der Waals surface area contributed by atoms with Crippen LogP contribution >= 0.6 is 11.3 Å². The Morgan fingerprint density at radius 3 is 2.62 bits per heavy atom. The molecule has 1 aliphatic heterocycles.